The van der Waals surface area contributed by atoms with Gasteiger partial charge in [-0.15, -0.1) is 0 Å². The highest BCUT2D eigenvalue weighted by atomic mass is 16.5. The third-order valence-corrected chi connectivity index (χ3v) is 1.52. The van der Waals surface area contributed by atoms with Crippen LogP contribution in [0.5, 0.6) is 0 Å². The molecule has 1 N–H and O–H groups in total. The Labute approximate surface area is 75.3 Å². The first-order valence-corrected chi connectivity index (χ1v) is 3.82. The van der Waals surface area contributed by atoms with E-state index in [1.807, 2.05) is 6.07 Å². The zero-order valence-corrected chi connectivity index (χ0v) is 7.20. The van der Waals surface area contributed by atoms with Gasteiger partial charge in [0.05, 0.1) is 18.7 Å². The van der Waals surface area contributed by atoms with Crippen molar-refractivity contribution in [3.05, 3.63) is 17.5 Å². The van der Waals surface area contributed by atoms with Gasteiger partial charge in [0, 0.05) is 6.54 Å². The minimum absolute atomic E-state index is 0.256. The summed E-state index contributed by atoms with van der Waals surface area (Å²) in [6, 6.07) is 1.93. The number of aromatic nitrogens is 1. The van der Waals surface area contributed by atoms with E-state index in [1.54, 1.807) is 6.92 Å². The Kier molecular flexibility index (Phi) is 3.03. The van der Waals surface area contributed by atoms with E-state index in [9.17, 15) is 4.79 Å². The van der Waals surface area contributed by atoms with Crippen LogP contribution in [0.15, 0.2) is 10.7 Å². The van der Waals surface area contributed by atoms with Crippen LogP contribution in [0.3, 0.4) is 0 Å². The van der Waals surface area contributed by atoms with Crippen LogP contribution < -0.4 is 5.32 Å². The average molecular weight is 179 g/mol. The second kappa shape index (κ2) is 4.26. The monoisotopic (exact) mass is 179 g/mol. The molecule has 1 aromatic rings. The first-order chi connectivity index (χ1) is 6.25. The first-order valence-electron chi connectivity index (χ1n) is 3.82. The van der Waals surface area contributed by atoms with Crippen LogP contribution in [0.1, 0.15) is 22.5 Å². The van der Waals surface area contributed by atoms with Gasteiger partial charge in [0.15, 0.2) is 0 Å². The van der Waals surface area contributed by atoms with E-state index in [4.69, 9.17) is 9.78 Å². The standard InChI is InChI=1S/C8H9N3O2/c1-6-7(5-11-13-6)8(12)10-4-2-3-9/h5H,2,4H2,1H3,(H,10,12). The van der Waals surface area contributed by atoms with Crippen molar-refractivity contribution >= 4 is 5.91 Å². The molecule has 0 saturated heterocycles. The highest BCUT2D eigenvalue weighted by Gasteiger charge is 2.11. The number of nitriles is 1. The van der Waals surface area contributed by atoms with Gasteiger partial charge < -0.3 is 9.84 Å². The molecule has 13 heavy (non-hydrogen) atoms. The van der Waals surface area contributed by atoms with Crippen molar-refractivity contribution in [1.29, 1.82) is 5.26 Å². The molecular formula is C8H9N3O2. The summed E-state index contributed by atoms with van der Waals surface area (Å²) >= 11 is 0. The lowest BCUT2D eigenvalue weighted by atomic mass is 10.2. The SMILES string of the molecule is Cc1oncc1C(=O)NCCC#N. The van der Waals surface area contributed by atoms with Crippen molar-refractivity contribution in [2.75, 3.05) is 6.54 Å². The Balaban J connectivity index is 2.50. The summed E-state index contributed by atoms with van der Waals surface area (Å²) < 4.78 is 4.72. The highest BCUT2D eigenvalue weighted by molar-refractivity contribution is 5.94. The molecule has 1 amide bonds. The number of carbonyl (C=O) groups excluding carboxylic acids is 1. The largest absolute Gasteiger partial charge is 0.361 e. The van der Waals surface area contributed by atoms with Crippen molar-refractivity contribution in [1.82, 2.24) is 10.5 Å². The van der Waals surface area contributed by atoms with Crippen LogP contribution in [-0.2, 0) is 0 Å². The van der Waals surface area contributed by atoms with E-state index >= 15 is 0 Å². The van der Waals surface area contributed by atoms with Crippen LogP contribution >= 0.6 is 0 Å². The first kappa shape index (κ1) is 9.26. The Morgan fingerprint density at radius 3 is 3.15 bits per heavy atom. The quantitative estimate of drug-likeness (QED) is 0.690. The van der Waals surface area contributed by atoms with Crippen molar-refractivity contribution in [3.8, 4) is 6.07 Å². The molecule has 0 unspecified atom stereocenters. The van der Waals surface area contributed by atoms with Crippen LogP contribution in [0, 0.1) is 18.3 Å². The van der Waals surface area contributed by atoms with Crippen LogP contribution in [0.25, 0.3) is 0 Å². The van der Waals surface area contributed by atoms with Crippen LogP contribution in [0.4, 0.5) is 0 Å². The van der Waals surface area contributed by atoms with Gasteiger partial charge in [0.2, 0.25) is 0 Å². The Hall–Kier alpha value is -1.83. The van der Waals surface area contributed by atoms with E-state index in [1.165, 1.54) is 6.20 Å². The fourth-order valence-electron chi connectivity index (χ4n) is 0.844. The number of amides is 1. The molecule has 0 aliphatic carbocycles. The molecule has 0 spiro atoms. The number of hydrogen-bond acceptors (Lipinski definition) is 4. The van der Waals surface area contributed by atoms with Gasteiger partial charge in [-0.2, -0.15) is 5.26 Å². The lowest BCUT2D eigenvalue weighted by Crippen LogP contribution is -2.24. The van der Waals surface area contributed by atoms with Crippen LogP contribution in [0.2, 0.25) is 0 Å². The summed E-state index contributed by atoms with van der Waals surface area (Å²) in [6.07, 6.45) is 1.66. The Bertz CT molecular complexity index is 337. The summed E-state index contributed by atoms with van der Waals surface area (Å²) in [4.78, 5) is 11.3. The molecule has 1 aromatic heterocycles. The predicted octanol–water partition coefficient (Wildman–Crippen LogP) is 0.627. The Morgan fingerprint density at radius 2 is 2.62 bits per heavy atom. The number of nitrogens with zero attached hydrogens (tertiary/aromatic N) is 2. The number of nitrogens with one attached hydrogen (secondary N) is 1. The minimum Gasteiger partial charge on any atom is -0.361 e. The van der Waals surface area contributed by atoms with Gasteiger partial charge in [-0.25, -0.2) is 0 Å². The van der Waals surface area contributed by atoms with E-state index < -0.39 is 0 Å². The van der Waals surface area contributed by atoms with Gasteiger partial charge >= 0.3 is 0 Å². The lowest BCUT2D eigenvalue weighted by Gasteiger charge is -1.98. The van der Waals surface area contributed by atoms with Crippen molar-refractivity contribution in [2.45, 2.75) is 13.3 Å². The zero-order chi connectivity index (χ0) is 9.68. The van der Waals surface area contributed by atoms with Crippen LogP contribution in [-0.4, -0.2) is 17.6 Å². The maximum absolute atomic E-state index is 11.3. The maximum atomic E-state index is 11.3. The van der Waals surface area contributed by atoms with E-state index in [2.05, 4.69) is 10.5 Å². The molecule has 0 atom stereocenters. The summed E-state index contributed by atoms with van der Waals surface area (Å²) in [5.41, 5.74) is 0.415. The topological polar surface area (TPSA) is 78.9 Å². The molecule has 0 saturated carbocycles. The molecule has 0 radical (unpaired) electrons. The molecular weight excluding hydrogens is 170 g/mol. The second-order valence-corrected chi connectivity index (χ2v) is 2.46. The highest BCUT2D eigenvalue weighted by Crippen LogP contribution is 2.04. The van der Waals surface area contributed by atoms with E-state index in [0.717, 1.165) is 0 Å². The molecule has 1 rings (SSSR count). The smallest absolute Gasteiger partial charge is 0.256 e. The van der Waals surface area contributed by atoms with Crippen molar-refractivity contribution < 1.29 is 9.32 Å². The zero-order valence-electron chi connectivity index (χ0n) is 7.20. The number of hydrogen-bond donors (Lipinski definition) is 1. The molecule has 0 aliphatic heterocycles. The summed E-state index contributed by atoms with van der Waals surface area (Å²) in [6.45, 7) is 2.01. The predicted molar refractivity (Wildman–Crippen MR) is 43.8 cm³/mol. The third kappa shape index (κ3) is 2.30. The molecule has 5 heteroatoms. The lowest BCUT2D eigenvalue weighted by molar-refractivity contribution is 0.0953. The molecule has 0 aromatic carbocycles. The summed E-state index contributed by atoms with van der Waals surface area (Å²) in [7, 11) is 0. The molecule has 1 heterocycles. The molecule has 68 valence electrons. The number of rotatable bonds is 3. The maximum Gasteiger partial charge on any atom is 0.256 e. The average Bonchev–Trinajstić information content (AvgIpc) is 2.52. The van der Waals surface area contributed by atoms with Gasteiger partial charge in [0.1, 0.15) is 11.3 Å². The van der Waals surface area contributed by atoms with Gasteiger partial charge in [-0.3, -0.25) is 4.79 Å². The number of aryl methyl sites for hydroxylation is 1. The molecule has 0 aliphatic rings. The molecule has 0 bridgehead atoms. The second-order valence-electron chi connectivity index (χ2n) is 2.46. The van der Waals surface area contributed by atoms with Gasteiger partial charge in [-0.1, -0.05) is 5.16 Å². The fraction of sp³-hybridized carbons (Fsp3) is 0.375. The number of carbonyl (C=O) groups is 1. The Morgan fingerprint density at radius 1 is 1.85 bits per heavy atom. The molecule has 0 fully saturated rings. The van der Waals surface area contributed by atoms with Gasteiger partial charge in [-0.05, 0) is 6.92 Å². The normalized spacial score (nSPS) is 9.23. The van der Waals surface area contributed by atoms with Gasteiger partial charge in [0.25, 0.3) is 5.91 Å². The van der Waals surface area contributed by atoms with E-state index in [-0.39, 0.29) is 5.91 Å². The van der Waals surface area contributed by atoms with Crippen molar-refractivity contribution in [2.24, 2.45) is 0 Å². The third-order valence-electron chi connectivity index (χ3n) is 1.52. The molecule has 5 nitrogen and oxygen atoms in total. The fourth-order valence-corrected chi connectivity index (χ4v) is 0.844. The summed E-state index contributed by atoms with van der Waals surface area (Å²) in [5, 5.41) is 14.3. The van der Waals surface area contributed by atoms with E-state index in [0.29, 0.717) is 24.3 Å². The minimum atomic E-state index is -0.256. The van der Waals surface area contributed by atoms with Crippen molar-refractivity contribution in [3.63, 3.8) is 0 Å². The summed E-state index contributed by atoms with van der Waals surface area (Å²) in [5.74, 6) is 0.225.